The van der Waals surface area contributed by atoms with Crippen molar-refractivity contribution in [3.05, 3.63) is 60.2 Å². The summed E-state index contributed by atoms with van der Waals surface area (Å²) < 4.78 is 6.21. The van der Waals surface area contributed by atoms with Crippen LogP contribution in [0.15, 0.2) is 59.5 Å². The fourth-order valence-electron chi connectivity index (χ4n) is 2.27. The molecule has 1 aliphatic carbocycles. The van der Waals surface area contributed by atoms with Gasteiger partial charge in [-0.3, -0.25) is 0 Å². The Bertz CT molecular complexity index is 551. The molecule has 2 aromatic carbocycles. The van der Waals surface area contributed by atoms with Crippen LogP contribution in [0.5, 0.6) is 5.75 Å². The minimum Gasteiger partial charge on any atom is -0.484 e. The summed E-state index contributed by atoms with van der Waals surface area (Å²) in [6.07, 6.45) is 4.74. The Balaban J connectivity index is 1.70. The van der Waals surface area contributed by atoms with Crippen molar-refractivity contribution < 1.29 is 4.74 Å². The molecule has 1 N–H and O–H groups in total. The lowest BCUT2D eigenvalue weighted by molar-refractivity contribution is 0.201. The molecule has 1 aliphatic rings. The number of rotatable bonds is 7. The molecule has 110 valence electrons. The Labute approximate surface area is 130 Å². The highest BCUT2D eigenvalue weighted by atomic mass is 32.2. The van der Waals surface area contributed by atoms with Crippen LogP contribution < -0.4 is 10.1 Å². The van der Waals surface area contributed by atoms with Gasteiger partial charge in [0.15, 0.2) is 0 Å². The van der Waals surface area contributed by atoms with Gasteiger partial charge in [0.1, 0.15) is 11.9 Å². The van der Waals surface area contributed by atoms with E-state index in [1.165, 1.54) is 23.3 Å². The molecule has 1 unspecified atom stereocenters. The largest absolute Gasteiger partial charge is 0.484 e. The molecule has 0 aliphatic heterocycles. The molecule has 3 rings (SSSR count). The van der Waals surface area contributed by atoms with Crippen LogP contribution in [-0.2, 0) is 0 Å². The summed E-state index contributed by atoms with van der Waals surface area (Å²) in [4.78, 5) is 1.26. The Morgan fingerprint density at radius 1 is 1.10 bits per heavy atom. The van der Waals surface area contributed by atoms with Crippen molar-refractivity contribution in [1.82, 2.24) is 5.32 Å². The van der Waals surface area contributed by atoms with Crippen LogP contribution in [0.4, 0.5) is 0 Å². The Morgan fingerprint density at radius 3 is 2.43 bits per heavy atom. The topological polar surface area (TPSA) is 21.3 Å². The highest BCUT2D eigenvalue weighted by molar-refractivity contribution is 7.98. The number of hydrogen-bond donors (Lipinski definition) is 1. The molecule has 1 saturated carbocycles. The van der Waals surface area contributed by atoms with Gasteiger partial charge in [-0.2, -0.15) is 0 Å². The number of nitrogens with one attached hydrogen (secondary N) is 1. The molecule has 1 atom stereocenters. The Morgan fingerprint density at radius 2 is 1.81 bits per heavy atom. The third-order valence-corrected chi connectivity index (χ3v) is 4.42. The maximum absolute atomic E-state index is 6.21. The first-order valence-electron chi connectivity index (χ1n) is 7.44. The van der Waals surface area contributed by atoms with E-state index in [-0.39, 0.29) is 6.10 Å². The predicted octanol–water partition coefficient (Wildman–Crippen LogP) is 4.28. The second-order valence-electron chi connectivity index (χ2n) is 5.38. The zero-order chi connectivity index (χ0) is 14.5. The maximum Gasteiger partial charge on any atom is 0.136 e. The second kappa shape index (κ2) is 7.01. The monoisotopic (exact) mass is 299 g/mol. The van der Waals surface area contributed by atoms with E-state index >= 15 is 0 Å². The van der Waals surface area contributed by atoms with E-state index < -0.39 is 0 Å². The zero-order valence-corrected chi connectivity index (χ0v) is 13.1. The van der Waals surface area contributed by atoms with Gasteiger partial charge in [-0.25, -0.2) is 0 Å². The summed E-state index contributed by atoms with van der Waals surface area (Å²) in [5.74, 6) is 0.930. The molecular weight excluding hydrogens is 278 g/mol. The standard InChI is InChI=1S/C18H21NOS/c1-21-17-11-9-16(10-12-17)20-18(13-19-15-7-8-15)14-5-3-2-4-6-14/h2-6,9-12,15,18-19H,7-8,13H2,1H3. The molecule has 2 nitrogen and oxygen atoms in total. The molecule has 0 radical (unpaired) electrons. The van der Waals surface area contributed by atoms with Gasteiger partial charge in [0.05, 0.1) is 0 Å². The quantitative estimate of drug-likeness (QED) is 0.771. The van der Waals surface area contributed by atoms with Gasteiger partial charge in [0, 0.05) is 17.5 Å². The van der Waals surface area contributed by atoms with Crippen molar-refractivity contribution in [3.63, 3.8) is 0 Å². The minimum absolute atomic E-state index is 0.0620. The average molecular weight is 299 g/mol. The van der Waals surface area contributed by atoms with Crippen LogP contribution in [0.2, 0.25) is 0 Å². The third kappa shape index (κ3) is 4.26. The van der Waals surface area contributed by atoms with E-state index in [1.54, 1.807) is 11.8 Å². The van der Waals surface area contributed by atoms with Crippen molar-refractivity contribution in [1.29, 1.82) is 0 Å². The summed E-state index contributed by atoms with van der Waals surface area (Å²) in [6, 6.07) is 19.5. The fourth-order valence-corrected chi connectivity index (χ4v) is 2.68. The first-order chi connectivity index (χ1) is 10.3. The molecule has 0 saturated heterocycles. The van der Waals surface area contributed by atoms with E-state index in [1.807, 2.05) is 6.07 Å². The molecule has 2 aromatic rings. The molecular formula is C18H21NOS. The minimum atomic E-state index is 0.0620. The smallest absolute Gasteiger partial charge is 0.136 e. The fraction of sp³-hybridized carbons (Fsp3) is 0.333. The highest BCUT2D eigenvalue weighted by Crippen LogP contribution is 2.26. The summed E-state index contributed by atoms with van der Waals surface area (Å²) in [7, 11) is 0. The Kier molecular flexibility index (Phi) is 4.84. The SMILES string of the molecule is CSc1ccc(OC(CNC2CC2)c2ccccc2)cc1. The van der Waals surface area contributed by atoms with E-state index in [4.69, 9.17) is 4.74 Å². The predicted molar refractivity (Wildman–Crippen MR) is 89.1 cm³/mol. The van der Waals surface area contributed by atoms with Gasteiger partial charge < -0.3 is 10.1 Å². The lowest BCUT2D eigenvalue weighted by Crippen LogP contribution is -2.26. The first-order valence-corrected chi connectivity index (χ1v) is 8.66. The normalized spacial score (nSPS) is 15.7. The molecule has 0 aromatic heterocycles. The van der Waals surface area contributed by atoms with Crippen molar-refractivity contribution >= 4 is 11.8 Å². The van der Waals surface area contributed by atoms with Crippen molar-refractivity contribution in [2.24, 2.45) is 0 Å². The summed E-state index contributed by atoms with van der Waals surface area (Å²) in [5, 5.41) is 3.57. The summed E-state index contributed by atoms with van der Waals surface area (Å²) in [5.41, 5.74) is 1.22. The Hall–Kier alpha value is -1.45. The van der Waals surface area contributed by atoms with Gasteiger partial charge >= 0.3 is 0 Å². The lowest BCUT2D eigenvalue weighted by atomic mass is 10.1. The second-order valence-corrected chi connectivity index (χ2v) is 6.25. The van der Waals surface area contributed by atoms with E-state index in [2.05, 4.69) is 60.1 Å². The first kappa shape index (κ1) is 14.5. The van der Waals surface area contributed by atoms with Crippen LogP contribution in [0.3, 0.4) is 0 Å². The van der Waals surface area contributed by atoms with E-state index in [9.17, 15) is 0 Å². The van der Waals surface area contributed by atoms with Crippen LogP contribution >= 0.6 is 11.8 Å². The molecule has 0 amide bonds. The molecule has 3 heteroatoms. The highest BCUT2D eigenvalue weighted by Gasteiger charge is 2.23. The van der Waals surface area contributed by atoms with Crippen LogP contribution in [0.1, 0.15) is 24.5 Å². The van der Waals surface area contributed by atoms with Crippen LogP contribution in [0.25, 0.3) is 0 Å². The zero-order valence-electron chi connectivity index (χ0n) is 12.3. The number of hydrogen-bond acceptors (Lipinski definition) is 3. The third-order valence-electron chi connectivity index (χ3n) is 3.68. The summed E-state index contributed by atoms with van der Waals surface area (Å²) in [6.45, 7) is 0.860. The van der Waals surface area contributed by atoms with Crippen molar-refractivity contribution in [2.45, 2.75) is 29.9 Å². The van der Waals surface area contributed by atoms with Crippen LogP contribution in [0, 0.1) is 0 Å². The van der Waals surface area contributed by atoms with Gasteiger partial charge in [0.25, 0.3) is 0 Å². The van der Waals surface area contributed by atoms with Gasteiger partial charge in [-0.15, -0.1) is 11.8 Å². The molecule has 0 spiro atoms. The van der Waals surface area contributed by atoms with Gasteiger partial charge in [-0.1, -0.05) is 30.3 Å². The molecule has 1 fully saturated rings. The molecule has 0 bridgehead atoms. The van der Waals surface area contributed by atoms with E-state index in [0.29, 0.717) is 6.04 Å². The van der Waals surface area contributed by atoms with Crippen molar-refractivity contribution in [2.75, 3.05) is 12.8 Å². The van der Waals surface area contributed by atoms with E-state index in [0.717, 1.165) is 12.3 Å². The number of benzene rings is 2. The van der Waals surface area contributed by atoms with Crippen LogP contribution in [-0.4, -0.2) is 18.8 Å². The van der Waals surface area contributed by atoms with Gasteiger partial charge in [0.2, 0.25) is 0 Å². The summed E-state index contributed by atoms with van der Waals surface area (Å²) >= 11 is 1.75. The van der Waals surface area contributed by atoms with Gasteiger partial charge in [-0.05, 0) is 48.9 Å². The number of ether oxygens (including phenoxy) is 1. The molecule has 0 heterocycles. The number of thioether (sulfide) groups is 1. The lowest BCUT2D eigenvalue weighted by Gasteiger charge is -2.20. The maximum atomic E-state index is 6.21. The van der Waals surface area contributed by atoms with Crippen molar-refractivity contribution in [3.8, 4) is 5.75 Å². The average Bonchev–Trinajstić information content (AvgIpc) is 3.37. The molecule has 21 heavy (non-hydrogen) atoms.